The minimum Gasteiger partial charge on any atom is -0.442 e. The number of rotatable bonds is 10. The molecule has 0 aromatic carbocycles. The summed E-state index contributed by atoms with van der Waals surface area (Å²) in [5, 5.41) is 20.6. The number of aliphatic hydroxyl groups is 2. The molecule has 1 amide bonds. The molecule has 0 aromatic rings. The van der Waals surface area contributed by atoms with Crippen molar-refractivity contribution < 1.29 is 38.7 Å². The first kappa shape index (κ1) is 33.8. The summed E-state index contributed by atoms with van der Waals surface area (Å²) in [4.78, 5) is 26.9. The van der Waals surface area contributed by atoms with E-state index in [4.69, 9.17) is 18.9 Å². The second kappa shape index (κ2) is 14.4. The van der Waals surface area contributed by atoms with E-state index < -0.39 is 29.5 Å². The number of hydrogen-bond acceptors (Lipinski definition) is 8. The molecule has 43 heavy (non-hydrogen) atoms. The summed E-state index contributed by atoms with van der Waals surface area (Å²) in [6, 6.07) is 0. The number of hydrogen-bond donors (Lipinski definition) is 2. The molecule has 0 radical (unpaired) electrons. The Morgan fingerprint density at radius 2 is 1.86 bits per heavy atom. The zero-order chi connectivity index (χ0) is 31.4. The summed E-state index contributed by atoms with van der Waals surface area (Å²) in [7, 11) is 0. The lowest BCUT2D eigenvalue weighted by atomic mass is 9.81. The fraction of sp³-hybridized carbons (Fsp3) is 0.765. The zero-order valence-corrected chi connectivity index (χ0v) is 26.9. The normalized spacial score (nSPS) is 38.1. The van der Waals surface area contributed by atoms with E-state index in [-0.39, 0.29) is 36.6 Å². The average Bonchev–Trinajstić information content (AvgIpc) is 3.74. The number of allylic oxidation sites excluding steroid dienone is 3. The molecule has 1 unspecified atom stereocenters. The molecule has 2 N–H and O–H groups in total. The van der Waals surface area contributed by atoms with E-state index in [1.807, 2.05) is 32.9 Å². The molecule has 0 bridgehead atoms. The molecule has 0 aromatic heterocycles. The molecule has 1 spiro atoms. The maximum atomic E-state index is 12.8. The Balaban J connectivity index is 1.21. The number of likely N-dealkylation sites (tertiary alicyclic amines) is 1. The van der Waals surface area contributed by atoms with Crippen LogP contribution in [0.5, 0.6) is 0 Å². The number of carbonyl (C=O) groups excluding carboxylic acids is 2. The molecular weight excluding hydrogens is 550 g/mol. The highest BCUT2D eigenvalue weighted by atomic mass is 16.6. The first-order chi connectivity index (χ1) is 20.3. The molecular formula is C34H53NO8. The third-order valence-electron chi connectivity index (χ3n) is 9.72. The average molecular weight is 604 g/mol. The van der Waals surface area contributed by atoms with Crippen molar-refractivity contribution in [1.29, 1.82) is 0 Å². The van der Waals surface area contributed by atoms with Crippen LogP contribution < -0.4 is 0 Å². The van der Waals surface area contributed by atoms with Crippen molar-refractivity contribution in [2.45, 2.75) is 122 Å². The smallest absolute Gasteiger partial charge is 0.410 e. The SMILES string of the molecule is CC(/C=C/C1O[C@](C)(CO)C[C@@]2(CO2)[C@@H]1O)=C\C[C@@H]1O[C@H](C)[C@H](CC(=O)/C=C\[C@H](C)OC(=O)N2CCC(C)CC2)C[C@@H]1C. The maximum Gasteiger partial charge on any atom is 0.410 e. The molecule has 4 rings (SSSR count). The summed E-state index contributed by atoms with van der Waals surface area (Å²) in [6.45, 7) is 13.8. The van der Waals surface area contributed by atoms with Crippen molar-refractivity contribution in [2.75, 3.05) is 26.3 Å². The van der Waals surface area contributed by atoms with Crippen molar-refractivity contribution in [3.05, 3.63) is 36.0 Å². The maximum absolute atomic E-state index is 12.8. The Bertz CT molecular complexity index is 1060. The first-order valence-corrected chi connectivity index (χ1v) is 16.1. The lowest BCUT2D eigenvalue weighted by Crippen LogP contribution is -2.56. The van der Waals surface area contributed by atoms with Crippen molar-refractivity contribution in [3.63, 3.8) is 0 Å². The number of nitrogens with zero attached hydrogens (tertiary/aromatic N) is 1. The van der Waals surface area contributed by atoms with Gasteiger partial charge in [-0.2, -0.15) is 0 Å². The van der Waals surface area contributed by atoms with E-state index in [1.54, 1.807) is 24.0 Å². The van der Waals surface area contributed by atoms with Gasteiger partial charge < -0.3 is 34.1 Å². The Hall–Kier alpha value is -2.04. The van der Waals surface area contributed by atoms with Crippen LogP contribution in [0.2, 0.25) is 0 Å². The number of ketones is 1. The molecule has 9 heteroatoms. The van der Waals surface area contributed by atoms with Crippen molar-refractivity contribution in [3.8, 4) is 0 Å². The van der Waals surface area contributed by atoms with Gasteiger partial charge in [-0.1, -0.05) is 37.6 Å². The van der Waals surface area contributed by atoms with Gasteiger partial charge >= 0.3 is 6.09 Å². The fourth-order valence-corrected chi connectivity index (χ4v) is 6.60. The van der Waals surface area contributed by atoms with Crippen LogP contribution in [-0.4, -0.2) is 95.0 Å². The van der Waals surface area contributed by atoms with Crippen molar-refractivity contribution in [2.24, 2.45) is 17.8 Å². The van der Waals surface area contributed by atoms with Gasteiger partial charge in [0.15, 0.2) is 5.78 Å². The van der Waals surface area contributed by atoms with Gasteiger partial charge in [-0.05, 0) is 83.3 Å². The van der Waals surface area contributed by atoms with Crippen LogP contribution in [0, 0.1) is 17.8 Å². The van der Waals surface area contributed by atoms with Crippen LogP contribution in [0.25, 0.3) is 0 Å². The second-order valence-corrected chi connectivity index (χ2v) is 13.8. The number of piperidine rings is 1. The van der Waals surface area contributed by atoms with Gasteiger partial charge in [0.25, 0.3) is 0 Å². The lowest BCUT2D eigenvalue weighted by Gasteiger charge is -2.42. The van der Waals surface area contributed by atoms with E-state index in [2.05, 4.69) is 19.9 Å². The molecule has 4 aliphatic heterocycles. The van der Waals surface area contributed by atoms with Gasteiger partial charge in [-0.15, -0.1) is 0 Å². The number of ether oxygens (including phenoxy) is 4. The van der Waals surface area contributed by atoms with Gasteiger partial charge in [-0.25, -0.2) is 4.79 Å². The van der Waals surface area contributed by atoms with E-state index in [0.29, 0.717) is 31.3 Å². The molecule has 4 saturated heterocycles. The standard InChI is InChI=1S/C34H53NO8/c1-22(8-12-30-31(38)34(21-40-34)19-33(6,20-36)43-30)7-11-29-24(3)17-27(26(5)42-29)18-28(37)10-9-25(4)41-32(39)35-15-13-23(2)14-16-35/h7-10,12,23-27,29-31,36,38H,11,13-21H2,1-6H3/b10-9-,12-8+,22-7+/t24-,25-,26+,27-,29-,30?,31+,33-,34+/m0/s1. The molecule has 242 valence electrons. The second-order valence-electron chi connectivity index (χ2n) is 13.8. The molecule has 9 atom stereocenters. The summed E-state index contributed by atoms with van der Waals surface area (Å²) >= 11 is 0. The number of amides is 1. The van der Waals surface area contributed by atoms with Gasteiger partial charge in [-0.3, -0.25) is 4.79 Å². The van der Waals surface area contributed by atoms with Crippen molar-refractivity contribution in [1.82, 2.24) is 4.90 Å². The Morgan fingerprint density at radius 3 is 2.51 bits per heavy atom. The molecule has 4 fully saturated rings. The van der Waals surface area contributed by atoms with Gasteiger partial charge in [0.1, 0.15) is 23.9 Å². The Kier molecular flexibility index (Phi) is 11.3. The quantitative estimate of drug-likeness (QED) is 0.209. The zero-order valence-electron chi connectivity index (χ0n) is 26.9. The topological polar surface area (TPSA) is 118 Å². The third kappa shape index (κ3) is 9.01. The summed E-state index contributed by atoms with van der Waals surface area (Å²) < 4.78 is 23.5. The van der Waals surface area contributed by atoms with E-state index in [1.165, 1.54) is 0 Å². The minimum absolute atomic E-state index is 0.0180. The van der Waals surface area contributed by atoms with Crippen LogP contribution in [0.1, 0.15) is 80.1 Å². The summed E-state index contributed by atoms with van der Waals surface area (Å²) in [5.74, 6) is 1.08. The van der Waals surface area contributed by atoms with E-state index in [9.17, 15) is 19.8 Å². The van der Waals surface area contributed by atoms with Gasteiger partial charge in [0.2, 0.25) is 0 Å². The number of aliphatic hydroxyl groups excluding tert-OH is 2. The monoisotopic (exact) mass is 603 g/mol. The molecule has 4 aliphatic rings. The van der Waals surface area contributed by atoms with E-state index in [0.717, 1.165) is 44.3 Å². The van der Waals surface area contributed by atoms with Crippen LogP contribution >= 0.6 is 0 Å². The molecule has 0 saturated carbocycles. The predicted octanol–water partition coefficient (Wildman–Crippen LogP) is 4.75. The molecule has 4 heterocycles. The van der Waals surface area contributed by atoms with Gasteiger partial charge in [0, 0.05) is 25.9 Å². The van der Waals surface area contributed by atoms with Crippen molar-refractivity contribution >= 4 is 11.9 Å². The first-order valence-electron chi connectivity index (χ1n) is 16.1. The highest BCUT2D eigenvalue weighted by Crippen LogP contribution is 2.46. The largest absolute Gasteiger partial charge is 0.442 e. The molecule has 0 aliphatic carbocycles. The fourth-order valence-electron chi connectivity index (χ4n) is 6.60. The van der Waals surface area contributed by atoms with Gasteiger partial charge in [0.05, 0.1) is 31.0 Å². The summed E-state index contributed by atoms with van der Waals surface area (Å²) in [5.41, 5.74) is -0.323. The third-order valence-corrected chi connectivity index (χ3v) is 9.72. The number of epoxide rings is 1. The number of carbonyl (C=O) groups is 2. The summed E-state index contributed by atoms with van der Waals surface area (Å²) in [6.07, 6.45) is 11.6. The Morgan fingerprint density at radius 1 is 1.16 bits per heavy atom. The van der Waals surface area contributed by atoms with Crippen LogP contribution in [0.4, 0.5) is 4.79 Å². The lowest BCUT2D eigenvalue weighted by molar-refractivity contribution is -0.192. The molecule has 9 nitrogen and oxygen atoms in total. The predicted molar refractivity (Wildman–Crippen MR) is 163 cm³/mol. The Labute approximate surface area is 257 Å². The minimum atomic E-state index is -0.769. The highest BCUT2D eigenvalue weighted by Gasteiger charge is 2.61. The van der Waals surface area contributed by atoms with Crippen LogP contribution in [-0.2, 0) is 23.7 Å². The van der Waals surface area contributed by atoms with E-state index >= 15 is 0 Å². The highest BCUT2D eigenvalue weighted by molar-refractivity contribution is 5.89. The van der Waals surface area contributed by atoms with Crippen LogP contribution in [0.15, 0.2) is 36.0 Å². The van der Waals surface area contributed by atoms with Crippen LogP contribution in [0.3, 0.4) is 0 Å².